The van der Waals surface area contributed by atoms with Crippen molar-refractivity contribution in [2.75, 3.05) is 6.61 Å². The van der Waals surface area contributed by atoms with E-state index in [1.54, 1.807) is 37.3 Å². The lowest BCUT2D eigenvalue weighted by Gasteiger charge is -2.16. The molecule has 0 saturated heterocycles. The maximum Gasteiger partial charge on any atom is 0.342 e. The van der Waals surface area contributed by atoms with Crippen molar-refractivity contribution in [3.05, 3.63) is 64.2 Å². The first kappa shape index (κ1) is 19.6. The van der Waals surface area contributed by atoms with Crippen molar-refractivity contribution < 1.29 is 29.0 Å². The van der Waals surface area contributed by atoms with E-state index in [1.165, 1.54) is 6.07 Å². The molecular formula is C22H20N2O6. The van der Waals surface area contributed by atoms with E-state index in [9.17, 15) is 24.3 Å². The summed E-state index contributed by atoms with van der Waals surface area (Å²) in [5, 5.41) is 13.0. The van der Waals surface area contributed by atoms with Crippen LogP contribution in [0.15, 0.2) is 36.4 Å². The molecule has 0 spiro atoms. The fourth-order valence-corrected chi connectivity index (χ4v) is 3.37. The summed E-state index contributed by atoms with van der Waals surface area (Å²) >= 11 is 0. The molecule has 0 aromatic heterocycles. The van der Waals surface area contributed by atoms with Gasteiger partial charge in [0.25, 0.3) is 17.7 Å². The number of hydrogen-bond acceptors (Lipinski definition) is 6. The fourth-order valence-electron chi connectivity index (χ4n) is 3.37. The minimum atomic E-state index is -0.856. The lowest BCUT2D eigenvalue weighted by Crippen LogP contribution is -2.30. The van der Waals surface area contributed by atoms with Crippen LogP contribution >= 0.6 is 0 Å². The molecule has 1 aliphatic carbocycles. The van der Waals surface area contributed by atoms with Crippen molar-refractivity contribution in [1.29, 1.82) is 0 Å². The predicted molar refractivity (Wildman–Crippen MR) is 105 cm³/mol. The highest BCUT2D eigenvalue weighted by atomic mass is 16.5. The van der Waals surface area contributed by atoms with Crippen molar-refractivity contribution in [3.8, 4) is 5.75 Å². The van der Waals surface area contributed by atoms with Crippen LogP contribution in [0.3, 0.4) is 0 Å². The molecule has 4 rings (SSSR count). The van der Waals surface area contributed by atoms with Gasteiger partial charge in [-0.3, -0.25) is 19.3 Å². The smallest absolute Gasteiger partial charge is 0.342 e. The number of benzene rings is 2. The highest BCUT2D eigenvalue weighted by Crippen LogP contribution is 2.28. The molecule has 2 N–H and O–H groups in total. The Balaban J connectivity index is 1.50. The Morgan fingerprint density at radius 3 is 2.37 bits per heavy atom. The van der Waals surface area contributed by atoms with Crippen molar-refractivity contribution in [1.82, 2.24) is 10.2 Å². The van der Waals surface area contributed by atoms with E-state index in [2.05, 4.69) is 5.32 Å². The number of carbonyl (C=O) groups is 4. The quantitative estimate of drug-likeness (QED) is 0.558. The van der Waals surface area contributed by atoms with Gasteiger partial charge in [-0.1, -0.05) is 18.2 Å². The van der Waals surface area contributed by atoms with E-state index in [4.69, 9.17) is 4.74 Å². The number of hydrogen-bond donors (Lipinski definition) is 2. The van der Waals surface area contributed by atoms with Gasteiger partial charge in [0, 0.05) is 6.04 Å². The van der Waals surface area contributed by atoms with Gasteiger partial charge in [-0.15, -0.1) is 0 Å². The van der Waals surface area contributed by atoms with Gasteiger partial charge >= 0.3 is 5.97 Å². The summed E-state index contributed by atoms with van der Waals surface area (Å²) in [5.41, 5.74) is 1.41. The minimum absolute atomic E-state index is 0.0596. The van der Waals surface area contributed by atoms with Crippen molar-refractivity contribution in [2.45, 2.75) is 32.4 Å². The average molecular weight is 408 g/mol. The second-order valence-corrected chi connectivity index (χ2v) is 7.47. The molecule has 0 bridgehead atoms. The summed E-state index contributed by atoms with van der Waals surface area (Å²) < 4.78 is 5.01. The second-order valence-electron chi connectivity index (χ2n) is 7.47. The normalized spacial score (nSPS) is 15.2. The summed E-state index contributed by atoms with van der Waals surface area (Å²) in [6.07, 6.45) is 1.83. The lowest BCUT2D eigenvalue weighted by atomic mass is 10.0. The number of rotatable bonds is 6. The maximum absolute atomic E-state index is 12.6. The van der Waals surface area contributed by atoms with Crippen LogP contribution in [-0.4, -0.2) is 46.3 Å². The van der Waals surface area contributed by atoms with Gasteiger partial charge in [-0.25, -0.2) is 4.79 Å². The molecule has 154 valence electrons. The number of nitrogens with zero attached hydrogens (tertiary/aromatic N) is 1. The van der Waals surface area contributed by atoms with Gasteiger partial charge in [-0.2, -0.15) is 0 Å². The summed E-state index contributed by atoms with van der Waals surface area (Å²) in [6.45, 7) is 1.09. The summed E-state index contributed by atoms with van der Waals surface area (Å²) in [7, 11) is 0. The minimum Gasteiger partial charge on any atom is -0.507 e. The number of phenolic OH excluding ortho intramolecular Hbond substituents is 1. The zero-order chi connectivity index (χ0) is 21.4. The molecule has 0 radical (unpaired) electrons. The molecule has 1 saturated carbocycles. The number of aryl methyl sites for hydroxylation is 1. The van der Waals surface area contributed by atoms with Crippen molar-refractivity contribution in [2.24, 2.45) is 0 Å². The van der Waals surface area contributed by atoms with Crippen LogP contribution in [0.5, 0.6) is 5.75 Å². The Labute approximate surface area is 172 Å². The van der Waals surface area contributed by atoms with Gasteiger partial charge in [0.2, 0.25) is 0 Å². The van der Waals surface area contributed by atoms with Crippen LogP contribution < -0.4 is 5.32 Å². The van der Waals surface area contributed by atoms with Gasteiger partial charge in [0.1, 0.15) is 11.3 Å². The third kappa shape index (κ3) is 3.76. The Hall–Kier alpha value is -3.68. The number of ether oxygens (including phenoxy) is 1. The van der Waals surface area contributed by atoms with Crippen LogP contribution in [0.2, 0.25) is 0 Å². The summed E-state index contributed by atoms with van der Waals surface area (Å²) in [5.74, 6) is -2.35. The molecule has 30 heavy (non-hydrogen) atoms. The number of phenols is 1. The molecule has 1 fully saturated rings. The topological polar surface area (TPSA) is 113 Å². The maximum atomic E-state index is 12.6. The second kappa shape index (κ2) is 7.62. The van der Waals surface area contributed by atoms with E-state index in [0.29, 0.717) is 22.3 Å². The van der Waals surface area contributed by atoms with E-state index in [-0.39, 0.29) is 23.9 Å². The molecule has 2 aliphatic rings. The standard InChI is InChI=1S/C22H20N2O6/c1-12-8-13(10-24-20(27)15-4-2-3-5-16(15)21(24)28)9-17(19(12)26)22(29)30-11-18(25)23-14-6-7-14/h2-5,8-9,14,26H,6-7,10-11H2,1H3,(H,23,25). The highest BCUT2D eigenvalue weighted by molar-refractivity contribution is 6.21. The molecule has 1 heterocycles. The van der Waals surface area contributed by atoms with Crippen LogP contribution in [0.1, 0.15) is 55.0 Å². The number of imide groups is 1. The largest absolute Gasteiger partial charge is 0.507 e. The van der Waals surface area contributed by atoms with Gasteiger partial charge in [0.15, 0.2) is 6.61 Å². The summed E-state index contributed by atoms with van der Waals surface area (Å²) in [4.78, 5) is 50.4. The molecule has 1 aliphatic heterocycles. The Kier molecular flexibility index (Phi) is 4.99. The van der Waals surface area contributed by atoms with Crippen LogP contribution in [0.4, 0.5) is 0 Å². The van der Waals surface area contributed by atoms with Crippen LogP contribution in [-0.2, 0) is 16.1 Å². The highest BCUT2D eigenvalue weighted by Gasteiger charge is 2.35. The number of amides is 3. The molecule has 0 atom stereocenters. The van der Waals surface area contributed by atoms with Gasteiger partial charge < -0.3 is 15.2 Å². The number of nitrogens with one attached hydrogen (secondary N) is 1. The van der Waals surface area contributed by atoms with E-state index >= 15 is 0 Å². The average Bonchev–Trinajstić information content (AvgIpc) is 3.51. The monoisotopic (exact) mass is 408 g/mol. The zero-order valence-corrected chi connectivity index (χ0v) is 16.3. The van der Waals surface area contributed by atoms with E-state index in [0.717, 1.165) is 17.7 Å². The van der Waals surface area contributed by atoms with E-state index < -0.39 is 30.3 Å². The molecule has 0 unspecified atom stereocenters. The summed E-state index contributed by atoms with van der Waals surface area (Å²) in [6, 6.07) is 9.66. The number of aromatic hydroxyl groups is 1. The fraction of sp³-hybridized carbons (Fsp3) is 0.273. The van der Waals surface area contributed by atoms with Crippen molar-refractivity contribution >= 4 is 23.7 Å². The Morgan fingerprint density at radius 2 is 1.77 bits per heavy atom. The molecule has 3 amide bonds. The molecule has 2 aromatic carbocycles. The van der Waals surface area contributed by atoms with Gasteiger partial charge in [-0.05, 0) is 49.1 Å². The Bertz CT molecular complexity index is 1040. The predicted octanol–water partition coefficient (Wildman–Crippen LogP) is 1.93. The molecule has 2 aromatic rings. The van der Waals surface area contributed by atoms with E-state index in [1.807, 2.05) is 0 Å². The van der Waals surface area contributed by atoms with Crippen LogP contribution in [0.25, 0.3) is 0 Å². The molecule has 8 heteroatoms. The third-order valence-corrected chi connectivity index (χ3v) is 5.08. The number of esters is 1. The first-order valence-corrected chi connectivity index (χ1v) is 9.59. The zero-order valence-electron chi connectivity index (χ0n) is 16.3. The SMILES string of the molecule is Cc1cc(CN2C(=O)c3ccccc3C2=O)cc(C(=O)OCC(=O)NC2CC2)c1O. The van der Waals surface area contributed by atoms with Crippen LogP contribution in [0, 0.1) is 6.92 Å². The van der Waals surface area contributed by atoms with Gasteiger partial charge in [0.05, 0.1) is 17.7 Å². The molecular weight excluding hydrogens is 388 g/mol. The Morgan fingerprint density at radius 1 is 1.13 bits per heavy atom. The third-order valence-electron chi connectivity index (χ3n) is 5.08. The van der Waals surface area contributed by atoms with Crippen molar-refractivity contribution in [3.63, 3.8) is 0 Å². The number of carbonyl (C=O) groups excluding carboxylic acids is 4. The lowest BCUT2D eigenvalue weighted by molar-refractivity contribution is -0.124. The first-order chi connectivity index (χ1) is 14.3. The molecule has 8 nitrogen and oxygen atoms in total. The first-order valence-electron chi connectivity index (χ1n) is 9.59. The number of fused-ring (bicyclic) bond motifs is 1.